The summed E-state index contributed by atoms with van der Waals surface area (Å²) in [6, 6.07) is 0.0425. The van der Waals surface area contributed by atoms with Gasteiger partial charge in [0.15, 0.2) is 5.82 Å². The molecule has 1 atom stereocenters. The van der Waals surface area contributed by atoms with Crippen LogP contribution in [0.2, 0.25) is 0 Å². The van der Waals surface area contributed by atoms with Crippen LogP contribution >= 0.6 is 0 Å². The molecule has 0 aliphatic carbocycles. The molecule has 2 saturated heterocycles. The van der Waals surface area contributed by atoms with E-state index in [9.17, 15) is 4.79 Å². The number of aromatic nitrogens is 2. The van der Waals surface area contributed by atoms with Crippen LogP contribution in [0.5, 0.6) is 0 Å². The Kier molecular flexibility index (Phi) is 4.50. The Balaban J connectivity index is 1.47. The molecule has 116 valence electrons. The molecule has 0 radical (unpaired) electrons. The van der Waals surface area contributed by atoms with Crippen LogP contribution in [0.25, 0.3) is 0 Å². The van der Waals surface area contributed by atoms with Crippen molar-refractivity contribution in [3.63, 3.8) is 0 Å². The Morgan fingerprint density at radius 3 is 2.81 bits per heavy atom. The number of nitrogens with zero attached hydrogens (tertiary/aromatic N) is 4. The quantitative estimate of drug-likeness (QED) is 0.844. The average Bonchev–Trinajstić information content (AvgIpc) is 3.19. The van der Waals surface area contributed by atoms with Gasteiger partial charge in [0, 0.05) is 32.6 Å². The summed E-state index contributed by atoms with van der Waals surface area (Å²) in [4.78, 5) is 20.9. The number of nitrogens with one attached hydrogen (secondary N) is 1. The lowest BCUT2D eigenvalue weighted by atomic mass is 10.2. The smallest absolute Gasteiger partial charge is 0.239 e. The number of aryl methyl sites for hydroxylation is 1. The summed E-state index contributed by atoms with van der Waals surface area (Å²) in [7, 11) is 0. The molecule has 1 amide bonds. The molecule has 7 heteroatoms. The highest BCUT2D eigenvalue weighted by Crippen LogP contribution is 2.12. The highest BCUT2D eigenvalue weighted by atomic mass is 16.5. The first kappa shape index (κ1) is 14.5. The first-order chi connectivity index (χ1) is 10.3. The van der Waals surface area contributed by atoms with E-state index in [1.807, 2.05) is 11.8 Å². The SMILES string of the molecule is CCc1nc(CN2CCN(C(=O)[C@@H]3CCCN3)CC2)no1. The van der Waals surface area contributed by atoms with Crippen LogP contribution in [0.15, 0.2) is 4.52 Å². The van der Waals surface area contributed by atoms with E-state index in [2.05, 4.69) is 20.4 Å². The van der Waals surface area contributed by atoms with Crippen molar-refractivity contribution in [3.05, 3.63) is 11.7 Å². The van der Waals surface area contributed by atoms with E-state index < -0.39 is 0 Å². The van der Waals surface area contributed by atoms with E-state index in [0.29, 0.717) is 12.4 Å². The second-order valence-corrected chi connectivity index (χ2v) is 5.71. The predicted octanol–water partition coefficient (Wildman–Crippen LogP) is 0.0282. The van der Waals surface area contributed by atoms with E-state index in [0.717, 1.165) is 57.8 Å². The van der Waals surface area contributed by atoms with Crippen molar-refractivity contribution < 1.29 is 9.32 Å². The molecule has 21 heavy (non-hydrogen) atoms. The molecule has 3 heterocycles. The van der Waals surface area contributed by atoms with Crippen LogP contribution in [0, 0.1) is 0 Å². The van der Waals surface area contributed by atoms with Crippen LogP contribution in [-0.4, -0.2) is 64.6 Å². The lowest BCUT2D eigenvalue weighted by Crippen LogP contribution is -2.52. The molecule has 3 rings (SSSR count). The normalized spacial score (nSPS) is 23.7. The van der Waals surface area contributed by atoms with Crippen molar-refractivity contribution in [2.75, 3.05) is 32.7 Å². The molecule has 0 saturated carbocycles. The van der Waals surface area contributed by atoms with Gasteiger partial charge in [0.25, 0.3) is 0 Å². The molecule has 2 aliphatic heterocycles. The Hall–Kier alpha value is -1.47. The minimum absolute atomic E-state index is 0.0425. The summed E-state index contributed by atoms with van der Waals surface area (Å²) < 4.78 is 5.12. The van der Waals surface area contributed by atoms with Gasteiger partial charge in [-0.2, -0.15) is 4.98 Å². The summed E-state index contributed by atoms with van der Waals surface area (Å²) in [5.74, 6) is 1.69. The third kappa shape index (κ3) is 3.41. The van der Waals surface area contributed by atoms with Crippen molar-refractivity contribution in [1.82, 2.24) is 25.3 Å². The molecule has 0 aromatic carbocycles. The van der Waals surface area contributed by atoms with Gasteiger partial charge in [0.1, 0.15) is 0 Å². The average molecular weight is 293 g/mol. The second kappa shape index (κ2) is 6.53. The van der Waals surface area contributed by atoms with Gasteiger partial charge in [0.2, 0.25) is 11.8 Å². The van der Waals surface area contributed by atoms with E-state index in [4.69, 9.17) is 4.52 Å². The summed E-state index contributed by atoms with van der Waals surface area (Å²) in [5, 5.41) is 7.26. The Morgan fingerprint density at radius 2 is 2.19 bits per heavy atom. The zero-order valence-corrected chi connectivity index (χ0v) is 12.5. The third-order valence-electron chi connectivity index (χ3n) is 4.22. The van der Waals surface area contributed by atoms with Crippen LogP contribution < -0.4 is 5.32 Å². The van der Waals surface area contributed by atoms with Gasteiger partial charge in [0.05, 0.1) is 12.6 Å². The molecule has 7 nitrogen and oxygen atoms in total. The van der Waals surface area contributed by atoms with E-state index in [-0.39, 0.29) is 11.9 Å². The fourth-order valence-electron chi connectivity index (χ4n) is 2.94. The van der Waals surface area contributed by atoms with Gasteiger partial charge in [-0.1, -0.05) is 12.1 Å². The number of rotatable bonds is 4. The molecular weight excluding hydrogens is 270 g/mol. The topological polar surface area (TPSA) is 74.5 Å². The zero-order chi connectivity index (χ0) is 14.7. The molecule has 1 aromatic heterocycles. The lowest BCUT2D eigenvalue weighted by Gasteiger charge is -2.35. The summed E-state index contributed by atoms with van der Waals surface area (Å²) >= 11 is 0. The zero-order valence-electron chi connectivity index (χ0n) is 12.5. The molecule has 1 N–H and O–H groups in total. The first-order valence-electron chi connectivity index (χ1n) is 7.82. The number of piperazine rings is 1. The lowest BCUT2D eigenvalue weighted by molar-refractivity contribution is -0.134. The fraction of sp³-hybridized carbons (Fsp3) is 0.786. The van der Waals surface area contributed by atoms with E-state index in [1.165, 1.54) is 0 Å². The van der Waals surface area contributed by atoms with Crippen molar-refractivity contribution >= 4 is 5.91 Å². The Labute approximate surface area is 124 Å². The molecule has 0 spiro atoms. The number of hydrogen-bond donors (Lipinski definition) is 1. The van der Waals surface area contributed by atoms with Gasteiger partial charge in [-0.3, -0.25) is 9.69 Å². The highest BCUT2D eigenvalue weighted by Gasteiger charge is 2.29. The van der Waals surface area contributed by atoms with E-state index >= 15 is 0 Å². The first-order valence-corrected chi connectivity index (χ1v) is 7.82. The third-order valence-corrected chi connectivity index (χ3v) is 4.22. The van der Waals surface area contributed by atoms with Crippen LogP contribution in [-0.2, 0) is 17.8 Å². The molecule has 1 aromatic rings. The predicted molar refractivity (Wildman–Crippen MR) is 76.6 cm³/mol. The van der Waals surface area contributed by atoms with Gasteiger partial charge in [-0.05, 0) is 19.4 Å². The highest BCUT2D eigenvalue weighted by molar-refractivity contribution is 5.82. The minimum atomic E-state index is 0.0425. The van der Waals surface area contributed by atoms with Gasteiger partial charge < -0.3 is 14.7 Å². The van der Waals surface area contributed by atoms with E-state index in [1.54, 1.807) is 0 Å². The second-order valence-electron chi connectivity index (χ2n) is 5.71. The fourth-order valence-corrected chi connectivity index (χ4v) is 2.94. The molecule has 0 bridgehead atoms. The standard InChI is InChI=1S/C14H23N5O2/c1-2-13-16-12(17-21-13)10-18-6-8-19(9-7-18)14(20)11-4-3-5-15-11/h11,15H,2-10H2,1H3/t11-/m0/s1. The maximum Gasteiger partial charge on any atom is 0.239 e. The van der Waals surface area contributed by atoms with Crippen LogP contribution in [0.4, 0.5) is 0 Å². The largest absolute Gasteiger partial charge is 0.339 e. The Morgan fingerprint density at radius 1 is 1.38 bits per heavy atom. The summed E-state index contributed by atoms with van der Waals surface area (Å²) in [6.07, 6.45) is 2.85. The number of carbonyl (C=O) groups is 1. The minimum Gasteiger partial charge on any atom is -0.339 e. The molecule has 2 fully saturated rings. The van der Waals surface area contributed by atoms with Crippen molar-refractivity contribution in [2.45, 2.75) is 38.8 Å². The number of carbonyl (C=O) groups excluding carboxylic acids is 1. The summed E-state index contributed by atoms with van der Waals surface area (Å²) in [6.45, 7) is 6.98. The van der Waals surface area contributed by atoms with Gasteiger partial charge >= 0.3 is 0 Å². The van der Waals surface area contributed by atoms with Crippen LogP contribution in [0.3, 0.4) is 0 Å². The van der Waals surface area contributed by atoms with Crippen molar-refractivity contribution in [2.24, 2.45) is 0 Å². The van der Waals surface area contributed by atoms with Crippen LogP contribution in [0.1, 0.15) is 31.5 Å². The Bertz CT molecular complexity index is 475. The maximum atomic E-state index is 12.3. The molecule has 2 aliphatic rings. The van der Waals surface area contributed by atoms with Crippen molar-refractivity contribution in [3.8, 4) is 0 Å². The molecule has 0 unspecified atom stereocenters. The molecular formula is C14H23N5O2. The summed E-state index contributed by atoms with van der Waals surface area (Å²) in [5.41, 5.74) is 0. The van der Waals surface area contributed by atoms with Crippen molar-refractivity contribution in [1.29, 1.82) is 0 Å². The number of amides is 1. The maximum absolute atomic E-state index is 12.3. The van der Waals surface area contributed by atoms with Gasteiger partial charge in [-0.15, -0.1) is 0 Å². The number of hydrogen-bond acceptors (Lipinski definition) is 6. The van der Waals surface area contributed by atoms with Gasteiger partial charge in [-0.25, -0.2) is 0 Å². The monoisotopic (exact) mass is 293 g/mol.